The van der Waals surface area contributed by atoms with E-state index >= 15 is 0 Å². The molecule has 0 fully saturated rings. The van der Waals surface area contributed by atoms with Gasteiger partial charge in [0.05, 0.1) is 169 Å². The van der Waals surface area contributed by atoms with E-state index in [1.165, 1.54) is 0 Å². The molecule has 0 aliphatic rings. The minimum absolute atomic E-state index is 0.259. The molecule has 22 rings (SSSR count). The number of aromatic nitrogens is 12. The molecule has 0 saturated heterocycles. The first kappa shape index (κ1) is 97.1. The van der Waals surface area contributed by atoms with E-state index in [1.807, 2.05) is 120 Å². The summed E-state index contributed by atoms with van der Waals surface area (Å²) in [6, 6.07) is 43.2. The van der Waals surface area contributed by atoms with Crippen LogP contribution in [0.1, 0.15) is 116 Å². The van der Waals surface area contributed by atoms with E-state index in [1.54, 1.807) is 220 Å². The van der Waals surface area contributed by atoms with Crippen molar-refractivity contribution in [2.24, 2.45) is 0 Å². The molecule has 12 aromatic carbocycles. The number of hydrogen-bond acceptors (Lipinski definition) is 30. The van der Waals surface area contributed by atoms with Crippen molar-refractivity contribution >= 4 is 270 Å². The zero-order valence-electron chi connectivity index (χ0n) is 79.0. The zero-order valence-corrected chi connectivity index (χ0v) is 79.0. The summed E-state index contributed by atoms with van der Waals surface area (Å²) in [5.74, 6) is 0. The molecule has 0 unspecified atom stereocenters. The molecule has 36 N–H and O–H groups in total. The second-order valence-electron chi connectivity index (χ2n) is 34.4. The number of nitrogens with zero attached hydrogens (tertiary/aromatic N) is 12. The molecule has 22 aromatic rings. The number of hydrogen-bond donors (Lipinski definition) is 18. The first-order valence-electron chi connectivity index (χ1n) is 43.8. The molecule has 24 bridgehead atoms. The minimum Gasteiger partial charge on any atom is -0.398 e. The van der Waals surface area contributed by atoms with Gasteiger partial charge in [0.25, 0.3) is 0 Å². The summed E-state index contributed by atoms with van der Waals surface area (Å²) >= 11 is 0. The van der Waals surface area contributed by atoms with Gasteiger partial charge in [-0.1, -0.05) is 69.9 Å². The van der Waals surface area contributed by atoms with Crippen LogP contribution < -0.4 is 103 Å². The molecule has 0 atom stereocenters. The normalized spacial score (nSPS) is 10.7. The zero-order chi connectivity index (χ0) is 99.4. The highest BCUT2D eigenvalue weighted by molar-refractivity contribution is 6.14. The standard InChI is InChI=1S/C108H114N30/c1-55(2)37-73-91(109)79-43-127-61-13-17-63(18-14-61)129-45-81-93(111)74(38-56(3)4)95(113)83(104(81)122)47-131-65-21-25-67(26-22-65)133-49-85-97(115)76(40-58(7)8)99(117)87(106(85)124)51-135-69-29-33-71(34-30-69)137-53-89-101(119)78(42-60(11)12)102(120)90(108(89)126)54-138-72-35-31-70(32-36-72)136-52-88-100(118)77(41-59(9)10)98(116)86(107(88)125)50-134-68-27-23-66(24-28-68)132-48-84-96(114)75(39-57(5)6)94(112)82(105(84)123)46-130-64-19-15-62(16-20-64)128-44-80(92(73)110)103(79)121/h13-54H,109-126H2,1-12H3. The Morgan fingerprint density at radius 1 is 0.130 bits per heavy atom. The van der Waals surface area contributed by atoms with Crippen LogP contribution in [0.4, 0.5) is 102 Å². The van der Waals surface area contributed by atoms with Gasteiger partial charge in [-0.3, -0.25) is 59.8 Å². The highest BCUT2D eigenvalue weighted by Gasteiger charge is 2.20. The summed E-state index contributed by atoms with van der Waals surface area (Å²) in [5, 5.41) is 5.24. The van der Waals surface area contributed by atoms with Gasteiger partial charge in [0.15, 0.2) is 0 Å². The van der Waals surface area contributed by atoms with E-state index in [0.717, 1.165) is 33.4 Å². The number of nitrogens with two attached hydrogens (primary N) is 18. The highest BCUT2D eigenvalue weighted by Crippen LogP contribution is 2.44. The van der Waals surface area contributed by atoms with Gasteiger partial charge in [0, 0.05) is 172 Å². The molecular weight excluding hydrogens is 1720 g/mol. The van der Waals surface area contributed by atoms with E-state index in [-0.39, 0.29) is 34.1 Å². The number of rotatable bonds is 6. The van der Waals surface area contributed by atoms with Crippen molar-refractivity contribution in [3.05, 3.63) is 287 Å². The van der Waals surface area contributed by atoms with Gasteiger partial charge >= 0.3 is 0 Å². The Balaban J connectivity index is 0.957. The molecule has 0 saturated carbocycles. The Bertz CT molecular complexity index is 6550. The van der Waals surface area contributed by atoms with E-state index in [9.17, 15) is 0 Å². The van der Waals surface area contributed by atoms with Crippen molar-refractivity contribution in [2.45, 2.75) is 83.1 Å². The second kappa shape index (κ2) is 42.0. The van der Waals surface area contributed by atoms with E-state index in [4.69, 9.17) is 163 Å². The Labute approximate surface area is 797 Å². The van der Waals surface area contributed by atoms with E-state index in [0.29, 0.717) is 232 Å². The van der Waals surface area contributed by atoms with Crippen LogP contribution in [0.3, 0.4) is 0 Å². The maximum absolute atomic E-state index is 6.97. The lowest BCUT2D eigenvalue weighted by molar-refractivity contribution is 1.40. The number of nitrogen functional groups attached to an aromatic ring is 18. The smallest absolute Gasteiger partial charge is 0.0631 e. The van der Waals surface area contributed by atoms with Crippen LogP contribution in [0.5, 0.6) is 0 Å². The summed E-state index contributed by atoms with van der Waals surface area (Å²) < 4.78 is 0. The Hall–Kier alpha value is -18.5. The number of anilines is 18. The predicted octanol–water partition coefficient (Wildman–Crippen LogP) is 21.1. The lowest BCUT2D eigenvalue weighted by Crippen LogP contribution is -2.02. The lowest BCUT2D eigenvalue weighted by atomic mass is 10.0. The monoisotopic (exact) mass is 1830 g/mol. The van der Waals surface area contributed by atoms with Crippen LogP contribution in [-0.4, -0.2) is 59.8 Å². The van der Waals surface area contributed by atoms with Gasteiger partial charge in [-0.2, -0.15) is 0 Å². The van der Waals surface area contributed by atoms with E-state index < -0.39 is 0 Å². The highest BCUT2D eigenvalue weighted by atomic mass is 14.8. The Kier molecular flexibility index (Phi) is 29.5. The molecule has 0 amide bonds. The van der Waals surface area contributed by atoms with Crippen LogP contribution in [0.25, 0.3) is 167 Å². The molecule has 0 spiro atoms. The number of benzene rings is 12. The van der Waals surface area contributed by atoms with Crippen LogP contribution >= 0.6 is 0 Å². The van der Waals surface area contributed by atoms with Crippen molar-refractivity contribution in [3.63, 3.8) is 0 Å². The fraction of sp³-hybridized carbons (Fsp3) is 0.111. The number of allylic oxidation sites excluding steroid dienone is 6. The molecule has 30 heteroatoms. The lowest BCUT2D eigenvalue weighted by Gasteiger charge is -2.12. The molecule has 0 radical (unpaired) electrons. The molecule has 0 aliphatic carbocycles. The Morgan fingerprint density at radius 2 is 0.203 bits per heavy atom. The van der Waals surface area contributed by atoms with Gasteiger partial charge in [-0.05, 0) is 229 Å². The maximum atomic E-state index is 6.97. The molecule has 10 aromatic heterocycles. The minimum atomic E-state index is 0.259. The average molecular weight is 1830 g/mol. The molecule has 696 valence electrons. The summed E-state index contributed by atoms with van der Waals surface area (Å²) in [6.45, 7) is 23.3. The third-order valence-corrected chi connectivity index (χ3v) is 22.3. The van der Waals surface area contributed by atoms with Crippen LogP contribution in [0.2, 0.25) is 0 Å². The topological polar surface area (TPSA) is 623 Å². The van der Waals surface area contributed by atoms with Gasteiger partial charge < -0.3 is 103 Å². The molecule has 138 heavy (non-hydrogen) atoms. The van der Waals surface area contributed by atoms with Gasteiger partial charge in [0.2, 0.25) is 0 Å². The maximum Gasteiger partial charge on any atom is 0.0631 e. The van der Waals surface area contributed by atoms with Gasteiger partial charge in [0.1, 0.15) is 0 Å². The van der Waals surface area contributed by atoms with Crippen molar-refractivity contribution < 1.29 is 0 Å². The molecule has 0 aliphatic heterocycles. The third kappa shape index (κ3) is 22.0. The van der Waals surface area contributed by atoms with Gasteiger partial charge in [-0.25, -0.2) is 0 Å². The van der Waals surface area contributed by atoms with Crippen molar-refractivity contribution in [2.75, 3.05) is 103 Å². The SMILES string of the molecule is CC(C)=Cc1c(N)c2cnc3ccc(cc3)ncc3c(N)c(C=C(C)C)c(N)c(cnc4ccc(cc4)ncc4c(N)c(C=C(C)C)c(N)c(cnc5ccc(cc5)ncc5c(N)c(C=C(C)C)c(N)c(cnc6ccc(cc6)ncc6c(N)c(C=C(C)C)c(N)c(cnc7ccc(cc7)ncc7c(N)c(C=C(C)C)c(N)c(cnc8ccc(cc8)ncc(c1N)c2N)c7N)c6N)c5N)c4N)c3N. The van der Waals surface area contributed by atoms with Gasteiger partial charge in [-0.15, -0.1) is 0 Å². The van der Waals surface area contributed by atoms with Crippen LogP contribution in [0, 0.1) is 0 Å². The fourth-order valence-corrected chi connectivity index (χ4v) is 15.0. The molecule has 30 nitrogen and oxygen atoms in total. The largest absolute Gasteiger partial charge is 0.398 e. The summed E-state index contributed by atoms with van der Waals surface area (Å²) in [5.41, 5.74) is 146. The van der Waals surface area contributed by atoms with Crippen LogP contribution in [0.15, 0.2) is 253 Å². The molecule has 10 heterocycles. The van der Waals surface area contributed by atoms with E-state index in [2.05, 4.69) is 0 Å². The predicted molar refractivity (Wildman–Crippen MR) is 591 cm³/mol. The quantitative estimate of drug-likeness (QED) is 0.0688. The first-order valence-corrected chi connectivity index (χ1v) is 43.8. The van der Waals surface area contributed by atoms with Crippen molar-refractivity contribution in [1.82, 2.24) is 59.8 Å². The fourth-order valence-electron chi connectivity index (χ4n) is 15.0. The summed E-state index contributed by atoms with van der Waals surface area (Å²) in [7, 11) is 0. The third-order valence-electron chi connectivity index (χ3n) is 22.3. The second-order valence-corrected chi connectivity index (χ2v) is 34.4. The summed E-state index contributed by atoms with van der Waals surface area (Å²) in [6.07, 6.45) is 30.5. The average Bonchev–Trinajstić information content (AvgIpc) is 0.804. The summed E-state index contributed by atoms with van der Waals surface area (Å²) in [4.78, 5) is 57.8. The molecular formula is C108H114N30. The van der Waals surface area contributed by atoms with Crippen LogP contribution in [-0.2, 0) is 0 Å². The Morgan fingerprint density at radius 3 is 0.268 bits per heavy atom. The van der Waals surface area contributed by atoms with Crippen molar-refractivity contribution in [1.29, 1.82) is 0 Å². The first-order chi connectivity index (χ1) is 65.8. The van der Waals surface area contributed by atoms with Crippen molar-refractivity contribution in [3.8, 4) is 0 Å².